The number of hydrogen-bond acceptors (Lipinski definition) is 3. The second kappa shape index (κ2) is 4.95. The van der Waals surface area contributed by atoms with E-state index in [1.165, 1.54) is 19.4 Å². The minimum absolute atomic E-state index is 0.433. The van der Waals surface area contributed by atoms with Crippen molar-refractivity contribution in [1.29, 1.82) is 0 Å². The minimum atomic E-state index is -4.16. The van der Waals surface area contributed by atoms with Gasteiger partial charge in [0.2, 0.25) is 0 Å². The Kier molecular flexibility index (Phi) is 4.12. The molecule has 1 aromatic rings. The zero-order valence-corrected chi connectivity index (χ0v) is 10.0. The van der Waals surface area contributed by atoms with E-state index in [0.717, 1.165) is 0 Å². The quantitative estimate of drug-likeness (QED) is 0.866. The molecule has 0 aliphatic carbocycles. The zero-order chi connectivity index (χ0) is 11.5. The molecular formula is C8H9F3IN3. The predicted molar refractivity (Wildman–Crippen MR) is 58.5 cm³/mol. The van der Waals surface area contributed by atoms with E-state index in [9.17, 15) is 13.2 Å². The van der Waals surface area contributed by atoms with Crippen LogP contribution in [-0.4, -0.2) is 22.2 Å². The molecule has 1 aromatic heterocycles. The van der Waals surface area contributed by atoms with Gasteiger partial charge in [0.05, 0.1) is 9.99 Å². The first-order chi connectivity index (χ1) is 6.88. The van der Waals surface area contributed by atoms with Crippen LogP contribution in [0, 0.1) is 3.57 Å². The fourth-order valence-electron chi connectivity index (χ4n) is 1.05. The van der Waals surface area contributed by atoms with E-state index in [2.05, 4.69) is 15.3 Å². The van der Waals surface area contributed by atoms with Gasteiger partial charge in [-0.05, 0) is 29.5 Å². The number of nitrogens with one attached hydrogen (secondary N) is 1. The lowest BCUT2D eigenvalue weighted by Crippen LogP contribution is -2.24. The van der Waals surface area contributed by atoms with Gasteiger partial charge < -0.3 is 5.32 Å². The molecule has 0 saturated carbocycles. The summed E-state index contributed by atoms with van der Waals surface area (Å²) in [5.41, 5.74) is 0. The van der Waals surface area contributed by atoms with E-state index in [1.807, 2.05) is 22.6 Å². The summed E-state index contributed by atoms with van der Waals surface area (Å²) in [4.78, 5) is 7.60. The van der Waals surface area contributed by atoms with Crippen molar-refractivity contribution in [2.45, 2.75) is 25.6 Å². The van der Waals surface area contributed by atoms with Crippen LogP contribution < -0.4 is 5.32 Å². The van der Waals surface area contributed by atoms with Gasteiger partial charge >= 0.3 is 6.18 Å². The molecule has 1 rings (SSSR count). The Morgan fingerprint density at radius 2 is 2.20 bits per heavy atom. The van der Waals surface area contributed by atoms with Crippen LogP contribution in [0.1, 0.15) is 13.3 Å². The molecule has 0 radical (unpaired) electrons. The highest BCUT2D eigenvalue weighted by Gasteiger charge is 2.30. The standard InChI is InChI=1S/C8H9F3IN3/c1-5(2-8(9,10)11)15-7-6(12)3-13-4-14-7/h3-5H,2H2,1H3,(H,13,14,15). The summed E-state index contributed by atoms with van der Waals surface area (Å²) in [6.07, 6.45) is -2.21. The number of alkyl halides is 3. The summed E-state index contributed by atoms with van der Waals surface area (Å²) >= 11 is 1.96. The maximum atomic E-state index is 12.0. The lowest BCUT2D eigenvalue weighted by molar-refractivity contribution is -0.136. The summed E-state index contributed by atoms with van der Waals surface area (Å²) in [5.74, 6) is 0.433. The van der Waals surface area contributed by atoms with Crippen LogP contribution in [0.2, 0.25) is 0 Å². The lowest BCUT2D eigenvalue weighted by Gasteiger charge is -2.16. The van der Waals surface area contributed by atoms with Crippen LogP contribution in [0.25, 0.3) is 0 Å². The highest BCUT2D eigenvalue weighted by Crippen LogP contribution is 2.23. The first kappa shape index (κ1) is 12.5. The maximum Gasteiger partial charge on any atom is 0.391 e. The molecule has 0 aliphatic rings. The lowest BCUT2D eigenvalue weighted by atomic mass is 10.2. The van der Waals surface area contributed by atoms with Gasteiger partial charge in [-0.3, -0.25) is 0 Å². The molecule has 0 aliphatic heterocycles. The van der Waals surface area contributed by atoms with Gasteiger partial charge in [0.1, 0.15) is 12.1 Å². The average molecular weight is 331 g/mol. The maximum absolute atomic E-state index is 12.0. The number of aromatic nitrogens is 2. The van der Waals surface area contributed by atoms with E-state index >= 15 is 0 Å². The Hall–Kier alpha value is -0.600. The van der Waals surface area contributed by atoms with Gasteiger partial charge in [-0.2, -0.15) is 13.2 Å². The third-order valence-electron chi connectivity index (χ3n) is 1.59. The van der Waals surface area contributed by atoms with Crippen molar-refractivity contribution in [3.05, 3.63) is 16.1 Å². The summed E-state index contributed by atoms with van der Waals surface area (Å²) in [5, 5.41) is 2.69. The molecule has 1 heterocycles. The van der Waals surface area contributed by atoms with E-state index in [-0.39, 0.29) is 0 Å². The molecule has 1 atom stereocenters. The Bertz CT molecular complexity index is 329. The van der Waals surface area contributed by atoms with Crippen LogP contribution >= 0.6 is 22.6 Å². The van der Waals surface area contributed by atoms with Crippen molar-refractivity contribution in [3.63, 3.8) is 0 Å². The van der Waals surface area contributed by atoms with Gasteiger partial charge in [-0.25, -0.2) is 9.97 Å². The first-order valence-electron chi connectivity index (χ1n) is 4.17. The smallest absolute Gasteiger partial charge is 0.366 e. The molecule has 84 valence electrons. The molecule has 0 bridgehead atoms. The van der Waals surface area contributed by atoms with Crippen molar-refractivity contribution < 1.29 is 13.2 Å². The predicted octanol–water partition coefficient (Wildman–Crippen LogP) is 2.83. The Labute approximate surface area is 98.6 Å². The Morgan fingerprint density at radius 3 is 2.73 bits per heavy atom. The van der Waals surface area contributed by atoms with Crippen molar-refractivity contribution >= 4 is 28.4 Å². The van der Waals surface area contributed by atoms with Gasteiger partial charge in [-0.15, -0.1) is 0 Å². The zero-order valence-electron chi connectivity index (χ0n) is 7.85. The Morgan fingerprint density at radius 1 is 1.53 bits per heavy atom. The topological polar surface area (TPSA) is 37.8 Å². The van der Waals surface area contributed by atoms with Gasteiger partial charge in [0.15, 0.2) is 0 Å². The third kappa shape index (κ3) is 4.63. The first-order valence-corrected chi connectivity index (χ1v) is 5.25. The van der Waals surface area contributed by atoms with Crippen molar-refractivity contribution in [3.8, 4) is 0 Å². The molecule has 0 amide bonds. The second-order valence-electron chi connectivity index (χ2n) is 3.08. The number of halogens is 4. The van der Waals surface area contributed by atoms with Gasteiger partial charge in [0.25, 0.3) is 0 Å². The van der Waals surface area contributed by atoms with Crippen LogP contribution in [0.15, 0.2) is 12.5 Å². The Balaban J connectivity index is 2.59. The van der Waals surface area contributed by atoms with E-state index < -0.39 is 18.6 Å². The van der Waals surface area contributed by atoms with Crippen molar-refractivity contribution in [1.82, 2.24) is 9.97 Å². The van der Waals surface area contributed by atoms with Crippen molar-refractivity contribution in [2.75, 3.05) is 5.32 Å². The number of rotatable bonds is 3. The SMILES string of the molecule is CC(CC(F)(F)F)Nc1ncncc1I. The molecule has 0 saturated heterocycles. The minimum Gasteiger partial charge on any atom is -0.366 e. The van der Waals surface area contributed by atoms with Crippen molar-refractivity contribution in [2.24, 2.45) is 0 Å². The molecule has 15 heavy (non-hydrogen) atoms. The van der Waals surface area contributed by atoms with Crippen LogP contribution in [0.4, 0.5) is 19.0 Å². The van der Waals surface area contributed by atoms with Gasteiger partial charge in [0, 0.05) is 12.2 Å². The molecule has 0 spiro atoms. The van der Waals surface area contributed by atoms with E-state index in [1.54, 1.807) is 0 Å². The number of anilines is 1. The van der Waals surface area contributed by atoms with Crippen LogP contribution in [0.3, 0.4) is 0 Å². The molecule has 0 fully saturated rings. The molecule has 1 unspecified atom stereocenters. The molecular weight excluding hydrogens is 322 g/mol. The monoisotopic (exact) mass is 331 g/mol. The molecule has 1 N–H and O–H groups in total. The van der Waals surface area contributed by atoms with E-state index in [4.69, 9.17) is 0 Å². The fraction of sp³-hybridized carbons (Fsp3) is 0.500. The largest absolute Gasteiger partial charge is 0.391 e. The second-order valence-corrected chi connectivity index (χ2v) is 4.25. The summed E-state index contributed by atoms with van der Waals surface area (Å²) in [6.45, 7) is 1.46. The average Bonchev–Trinajstić information content (AvgIpc) is 2.05. The van der Waals surface area contributed by atoms with Crippen LogP contribution in [-0.2, 0) is 0 Å². The highest BCUT2D eigenvalue weighted by atomic mass is 127. The number of hydrogen-bond donors (Lipinski definition) is 1. The van der Waals surface area contributed by atoms with Gasteiger partial charge in [-0.1, -0.05) is 0 Å². The normalized spacial score (nSPS) is 13.7. The highest BCUT2D eigenvalue weighted by molar-refractivity contribution is 14.1. The summed E-state index contributed by atoms with van der Waals surface area (Å²) in [6, 6.07) is -0.701. The molecule has 0 aromatic carbocycles. The molecule has 7 heteroatoms. The summed E-state index contributed by atoms with van der Waals surface area (Å²) in [7, 11) is 0. The van der Waals surface area contributed by atoms with E-state index in [0.29, 0.717) is 9.39 Å². The summed E-state index contributed by atoms with van der Waals surface area (Å²) < 4.78 is 36.8. The van der Waals surface area contributed by atoms with Crippen LogP contribution in [0.5, 0.6) is 0 Å². The fourth-order valence-corrected chi connectivity index (χ4v) is 1.51. The third-order valence-corrected chi connectivity index (χ3v) is 2.38. The molecule has 3 nitrogen and oxygen atoms in total. The number of nitrogens with zero attached hydrogens (tertiary/aromatic N) is 2.